The summed E-state index contributed by atoms with van der Waals surface area (Å²) in [5.74, 6) is 0.611. The Balaban J connectivity index is 2.18. The number of carbonyl (C=O) groups excluding carboxylic acids is 1. The number of rotatable bonds is 9. The Morgan fingerprint density at radius 3 is 2.60 bits per heavy atom. The SMILES string of the molecule is COCC(CNC(=O)CCOc1ccc(N)cc1)OC. The number of carbonyl (C=O) groups is 1. The molecule has 1 atom stereocenters. The van der Waals surface area contributed by atoms with Crippen molar-refractivity contribution in [1.29, 1.82) is 0 Å². The number of hydrogen-bond acceptors (Lipinski definition) is 5. The summed E-state index contributed by atoms with van der Waals surface area (Å²) in [6.45, 7) is 1.18. The summed E-state index contributed by atoms with van der Waals surface area (Å²) >= 11 is 0. The second kappa shape index (κ2) is 9.17. The van der Waals surface area contributed by atoms with Gasteiger partial charge < -0.3 is 25.3 Å². The summed E-state index contributed by atoms with van der Waals surface area (Å²) in [6, 6.07) is 7.05. The zero-order valence-corrected chi connectivity index (χ0v) is 11.9. The first-order chi connectivity index (χ1) is 9.65. The number of nitrogen functional groups attached to an aromatic ring is 1. The highest BCUT2D eigenvalue weighted by molar-refractivity contribution is 5.76. The molecule has 0 bridgehead atoms. The van der Waals surface area contributed by atoms with Gasteiger partial charge in [-0.05, 0) is 24.3 Å². The molecule has 0 fully saturated rings. The topological polar surface area (TPSA) is 82.8 Å². The number of amides is 1. The number of ether oxygens (including phenoxy) is 3. The lowest BCUT2D eigenvalue weighted by atomic mass is 10.3. The van der Waals surface area contributed by atoms with Gasteiger partial charge in [-0.25, -0.2) is 0 Å². The zero-order valence-electron chi connectivity index (χ0n) is 11.9. The Morgan fingerprint density at radius 1 is 1.30 bits per heavy atom. The van der Waals surface area contributed by atoms with E-state index in [-0.39, 0.29) is 18.4 Å². The molecule has 0 spiro atoms. The van der Waals surface area contributed by atoms with Crippen LogP contribution in [-0.4, -0.2) is 46.0 Å². The van der Waals surface area contributed by atoms with Crippen LogP contribution in [0.1, 0.15) is 6.42 Å². The Kier molecular flexibility index (Phi) is 7.46. The Morgan fingerprint density at radius 2 is 2.00 bits per heavy atom. The third-order valence-corrected chi connectivity index (χ3v) is 2.69. The van der Waals surface area contributed by atoms with E-state index in [0.29, 0.717) is 31.2 Å². The van der Waals surface area contributed by atoms with Gasteiger partial charge >= 0.3 is 0 Å². The fourth-order valence-electron chi connectivity index (χ4n) is 1.54. The van der Waals surface area contributed by atoms with Crippen molar-refractivity contribution < 1.29 is 19.0 Å². The van der Waals surface area contributed by atoms with E-state index in [0.717, 1.165) is 0 Å². The van der Waals surface area contributed by atoms with Crippen LogP contribution < -0.4 is 15.8 Å². The maximum Gasteiger partial charge on any atom is 0.223 e. The quantitative estimate of drug-likeness (QED) is 0.655. The molecule has 0 aliphatic heterocycles. The van der Waals surface area contributed by atoms with E-state index < -0.39 is 0 Å². The van der Waals surface area contributed by atoms with Gasteiger partial charge in [0.2, 0.25) is 5.91 Å². The lowest BCUT2D eigenvalue weighted by Gasteiger charge is -2.15. The largest absolute Gasteiger partial charge is 0.493 e. The molecule has 1 aromatic rings. The Bertz CT molecular complexity index is 395. The predicted molar refractivity (Wildman–Crippen MR) is 76.6 cm³/mol. The molecule has 0 aliphatic carbocycles. The van der Waals surface area contributed by atoms with Crippen molar-refractivity contribution in [3.63, 3.8) is 0 Å². The van der Waals surface area contributed by atoms with Gasteiger partial charge in [-0.2, -0.15) is 0 Å². The molecule has 0 saturated carbocycles. The molecule has 1 rings (SSSR count). The lowest BCUT2D eigenvalue weighted by molar-refractivity contribution is -0.122. The average Bonchev–Trinajstić information content (AvgIpc) is 2.45. The minimum Gasteiger partial charge on any atom is -0.493 e. The summed E-state index contributed by atoms with van der Waals surface area (Å²) < 4.78 is 15.5. The zero-order chi connectivity index (χ0) is 14.8. The van der Waals surface area contributed by atoms with Crippen LogP contribution in [0, 0.1) is 0 Å². The summed E-state index contributed by atoms with van der Waals surface area (Å²) in [5, 5.41) is 2.77. The van der Waals surface area contributed by atoms with Crippen molar-refractivity contribution in [2.24, 2.45) is 0 Å². The molecule has 1 unspecified atom stereocenters. The van der Waals surface area contributed by atoms with Crippen molar-refractivity contribution in [1.82, 2.24) is 5.32 Å². The molecule has 6 nitrogen and oxygen atoms in total. The van der Waals surface area contributed by atoms with Gasteiger partial charge in [0, 0.05) is 26.5 Å². The number of nitrogens with two attached hydrogens (primary N) is 1. The van der Waals surface area contributed by atoms with Crippen LogP contribution in [0.15, 0.2) is 24.3 Å². The van der Waals surface area contributed by atoms with Gasteiger partial charge in [0.05, 0.1) is 25.7 Å². The molecule has 0 aromatic heterocycles. The fourth-order valence-corrected chi connectivity index (χ4v) is 1.54. The highest BCUT2D eigenvalue weighted by Gasteiger charge is 2.09. The van der Waals surface area contributed by atoms with E-state index in [1.54, 1.807) is 38.5 Å². The Labute approximate surface area is 119 Å². The first-order valence-electron chi connectivity index (χ1n) is 6.42. The number of benzene rings is 1. The second-order valence-corrected chi connectivity index (χ2v) is 4.28. The van der Waals surface area contributed by atoms with Crippen molar-refractivity contribution in [3.8, 4) is 5.75 Å². The predicted octanol–water partition coefficient (Wildman–Crippen LogP) is 0.815. The molecular formula is C14H22N2O4. The van der Waals surface area contributed by atoms with E-state index in [4.69, 9.17) is 19.9 Å². The van der Waals surface area contributed by atoms with Crippen LogP contribution in [0.3, 0.4) is 0 Å². The van der Waals surface area contributed by atoms with Gasteiger partial charge in [-0.15, -0.1) is 0 Å². The van der Waals surface area contributed by atoms with Crippen LogP contribution in [-0.2, 0) is 14.3 Å². The number of nitrogens with one attached hydrogen (secondary N) is 1. The first kappa shape index (κ1) is 16.3. The number of anilines is 1. The standard InChI is InChI=1S/C14H22N2O4/c1-18-10-13(19-2)9-16-14(17)7-8-20-12-5-3-11(15)4-6-12/h3-6,13H,7-10,15H2,1-2H3,(H,16,17). The number of hydrogen-bond donors (Lipinski definition) is 2. The summed E-state index contributed by atoms with van der Waals surface area (Å²) in [6.07, 6.45) is 0.148. The average molecular weight is 282 g/mol. The molecule has 6 heteroatoms. The van der Waals surface area contributed by atoms with E-state index >= 15 is 0 Å². The third kappa shape index (κ3) is 6.40. The second-order valence-electron chi connectivity index (χ2n) is 4.28. The first-order valence-corrected chi connectivity index (χ1v) is 6.42. The fraction of sp³-hybridized carbons (Fsp3) is 0.500. The van der Waals surface area contributed by atoms with Crippen molar-refractivity contribution in [2.75, 3.05) is 39.7 Å². The van der Waals surface area contributed by atoms with Crippen molar-refractivity contribution in [3.05, 3.63) is 24.3 Å². The Hall–Kier alpha value is -1.79. The van der Waals surface area contributed by atoms with Crippen LogP contribution in [0.2, 0.25) is 0 Å². The molecular weight excluding hydrogens is 260 g/mol. The van der Waals surface area contributed by atoms with Gasteiger partial charge in [-0.1, -0.05) is 0 Å². The molecule has 112 valence electrons. The number of methoxy groups -OCH3 is 2. The van der Waals surface area contributed by atoms with E-state index in [9.17, 15) is 4.79 Å². The summed E-state index contributed by atoms with van der Waals surface area (Å²) in [4.78, 5) is 11.6. The van der Waals surface area contributed by atoms with Crippen LogP contribution in [0.5, 0.6) is 5.75 Å². The van der Waals surface area contributed by atoms with Crippen LogP contribution in [0.4, 0.5) is 5.69 Å². The molecule has 0 radical (unpaired) electrons. The molecule has 20 heavy (non-hydrogen) atoms. The molecule has 0 aliphatic rings. The maximum atomic E-state index is 11.6. The minimum atomic E-state index is -0.137. The highest BCUT2D eigenvalue weighted by Crippen LogP contribution is 2.12. The highest BCUT2D eigenvalue weighted by atomic mass is 16.5. The molecule has 1 amide bonds. The molecule has 1 aromatic carbocycles. The summed E-state index contributed by atoms with van der Waals surface area (Å²) in [5.41, 5.74) is 6.25. The maximum absolute atomic E-state index is 11.6. The van der Waals surface area contributed by atoms with Crippen molar-refractivity contribution >= 4 is 11.6 Å². The minimum absolute atomic E-state index is 0.0846. The molecule has 0 heterocycles. The van der Waals surface area contributed by atoms with Gasteiger partial charge in [-0.3, -0.25) is 4.79 Å². The normalized spacial score (nSPS) is 11.9. The van der Waals surface area contributed by atoms with E-state index in [1.807, 2.05) is 0 Å². The monoisotopic (exact) mass is 282 g/mol. The van der Waals surface area contributed by atoms with Gasteiger partial charge in [0.15, 0.2) is 0 Å². The lowest BCUT2D eigenvalue weighted by Crippen LogP contribution is -2.36. The van der Waals surface area contributed by atoms with Crippen LogP contribution in [0.25, 0.3) is 0 Å². The van der Waals surface area contributed by atoms with Gasteiger partial charge in [0.1, 0.15) is 5.75 Å². The van der Waals surface area contributed by atoms with E-state index in [1.165, 1.54) is 0 Å². The van der Waals surface area contributed by atoms with Crippen molar-refractivity contribution in [2.45, 2.75) is 12.5 Å². The third-order valence-electron chi connectivity index (χ3n) is 2.69. The van der Waals surface area contributed by atoms with Crippen LogP contribution >= 0.6 is 0 Å². The summed E-state index contributed by atoms with van der Waals surface area (Å²) in [7, 11) is 3.17. The van der Waals surface area contributed by atoms with Gasteiger partial charge in [0.25, 0.3) is 0 Å². The smallest absolute Gasteiger partial charge is 0.223 e. The molecule has 3 N–H and O–H groups in total. The molecule has 0 saturated heterocycles. The van der Waals surface area contributed by atoms with E-state index in [2.05, 4.69) is 5.32 Å².